The topological polar surface area (TPSA) is 93.8 Å². The zero-order valence-corrected chi connectivity index (χ0v) is 15.9. The minimum Gasteiger partial charge on any atom is -0.493 e. The van der Waals surface area contributed by atoms with Crippen LogP contribution in [0.15, 0.2) is 16.9 Å². The first-order valence-corrected chi connectivity index (χ1v) is 9.09. The van der Waals surface area contributed by atoms with Crippen molar-refractivity contribution < 1.29 is 19.0 Å². The Labute approximate surface area is 157 Å². The van der Waals surface area contributed by atoms with Crippen molar-refractivity contribution in [3.8, 4) is 11.5 Å². The molecule has 0 aliphatic carbocycles. The Bertz CT molecular complexity index is 880. The highest BCUT2D eigenvalue weighted by Gasteiger charge is 2.27. The summed E-state index contributed by atoms with van der Waals surface area (Å²) >= 11 is 0. The fourth-order valence-electron chi connectivity index (χ4n) is 3.45. The molecule has 1 fully saturated rings. The summed E-state index contributed by atoms with van der Waals surface area (Å²) in [6, 6.07) is 3.33. The van der Waals surface area contributed by atoms with Gasteiger partial charge in [0.25, 0.3) is 5.56 Å². The molecule has 8 nitrogen and oxygen atoms in total. The second-order valence-electron chi connectivity index (χ2n) is 6.56. The Balaban J connectivity index is 1.82. The SMILES string of the molecule is CCOC(=O)[C@H]1CCCN(Cc2nc3cc(OC)c(OC)cc3c(=O)[nH]2)C1. The Hall–Kier alpha value is -2.61. The molecule has 1 atom stereocenters. The Kier molecular flexibility index (Phi) is 5.95. The molecule has 1 aliphatic heterocycles. The van der Waals surface area contributed by atoms with Crippen LogP contribution in [0.25, 0.3) is 10.9 Å². The van der Waals surface area contributed by atoms with Gasteiger partial charge >= 0.3 is 5.97 Å². The number of hydrogen-bond donors (Lipinski definition) is 1. The highest BCUT2D eigenvalue weighted by Crippen LogP contribution is 2.30. The van der Waals surface area contributed by atoms with E-state index >= 15 is 0 Å². The molecule has 0 saturated carbocycles. The summed E-state index contributed by atoms with van der Waals surface area (Å²) in [4.78, 5) is 34.0. The van der Waals surface area contributed by atoms with Gasteiger partial charge in [0.15, 0.2) is 11.5 Å². The van der Waals surface area contributed by atoms with Gasteiger partial charge in [0.1, 0.15) is 5.82 Å². The number of aromatic amines is 1. The van der Waals surface area contributed by atoms with Gasteiger partial charge < -0.3 is 19.2 Å². The van der Waals surface area contributed by atoms with E-state index in [9.17, 15) is 9.59 Å². The first-order chi connectivity index (χ1) is 13.0. The second-order valence-corrected chi connectivity index (χ2v) is 6.56. The molecular formula is C19H25N3O5. The van der Waals surface area contributed by atoms with Crippen molar-refractivity contribution in [2.45, 2.75) is 26.3 Å². The maximum absolute atomic E-state index is 12.5. The lowest BCUT2D eigenvalue weighted by Gasteiger charge is -2.30. The van der Waals surface area contributed by atoms with Crippen LogP contribution in [-0.2, 0) is 16.1 Å². The average Bonchev–Trinajstić information content (AvgIpc) is 2.67. The van der Waals surface area contributed by atoms with E-state index in [0.717, 1.165) is 19.4 Å². The van der Waals surface area contributed by atoms with Crippen LogP contribution in [0.2, 0.25) is 0 Å². The predicted octanol–water partition coefficient (Wildman–Crippen LogP) is 1.72. The second kappa shape index (κ2) is 8.39. The Morgan fingerprint density at radius 1 is 1.30 bits per heavy atom. The molecule has 1 aromatic heterocycles. The molecule has 8 heteroatoms. The molecule has 1 N–H and O–H groups in total. The van der Waals surface area contributed by atoms with Gasteiger partial charge in [-0.15, -0.1) is 0 Å². The van der Waals surface area contributed by atoms with Gasteiger partial charge in [-0.1, -0.05) is 0 Å². The van der Waals surface area contributed by atoms with E-state index in [1.807, 2.05) is 6.92 Å². The standard InChI is InChI=1S/C19H25N3O5/c1-4-27-19(24)12-6-5-7-22(10-12)11-17-20-14-9-16(26-3)15(25-2)8-13(14)18(23)21-17/h8-9,12H,4-7,10-11H2,1-3H3,(H,20,21,23)/t12-/m0/s1. The van der Waals surface area contributed by atoms with E-state index in [-0.39, 0.29) is 17.4 Å². The van der Waals surface area contributed by atoms with E-state index < -0.39 is 0 Å². The number of ether oxygens (including phenoxy) is 3. The zero-order chi connectivity index (χ0) is 19.4. The lowest BCUT2D eigenvalue weighted by atomic mass is 9.98. The van der Waals surface area contributed by atoms with Gasteiger partial charge in [0.2, 0.25) is 0 Å². The van der Waals surface area contributed by atoms with Crippen molar-refractivity contribution in [1.29, 1.82) is 0 Å². The normalized spacial score (nSPS) is 17.7. The van der Waals surface area contributed by atoms with Crippen LogP contribution in [-0.4, -0.2) is 54.8 Å². The summed E-state index contributed by atoms with van der Waals surface area (Å²) in [5, 5.41) is 0.444. The molecule has 0 radical (unpaired) electrons. The number of methoxy groups -OCH3 is 2. The summed E-state index contributed by atoms with van der Waals surface area (Å²) in [5.41, 5.74) is 0.320. The lowest BCUT2D eigenvalue weighted by molar-refractivity contribution is -0.150. The number of carbonyl (C=O) groups is 1. The summed E-state index contributed by atoms with van der Waals surface area (Å²) in [6.45, 7) is 4.12. The molecule has 0 spiro atoms. The minimum atomic E-state index is -0.227. The van der Waals surface area contributed by atoms with E-state index in [4.69, 9.17) is 14.2 Å². The number of H-pyrrole nitrogens is 1. The van der Waals surface area contributed by atoms with Gasteiger partial charge in [-0.2, -0.15) is 0 Å². The fourth-order valence-corrected chi connectivity index (χ4v) is 3.45. The number of nitrogens with zero attached hydrogens (tertiary/aromatic N) is 2. The third-order valence-electron chi connectivity index (χ3n) is 4.76. The number of aromatic nitrogens is 2. The number of benzene rings is 1. The molecule has 1 aromatic carbocycles. The van der Waals surface area contributed by atoms with Crippen molar-refractivity contribution in [1.82, 2.24) is 14.9 Å². The largest absolute Gasteiger partial charge is 0.493 e. The molecule has 1 saturated heterocycles. The molecule has 0 unspecified atom stereocenters. The van der Waals surface area contributed by atoms with Gasteiger partial charge in [0.05, 0.1) is 44.2 Å². The van der Waals surface area contributed by atoms with Crippen LogP contribution in [0.3, 0.4) is 0 Å². The van der Waals surface area contributed by atoms with Gasteiger partial charge in [-0.05, 0) is 32.4 Å². The molecule has 3 rings (SSSR count). The maximum atomic E-state index is 12.5. The van der Waals surface area contributed by atoms with Crippen LogP contribution in [0.1, 0.15) is 25.6 Å². The molecule has 2 heterocycles. The van der Waals surface area contributed by atoms with Crippen molar-refractivity contribution in [3.63, 3.8) is 0 Å². The third-order valence-corrected chi connectivity index (χ3v) is 4.76. The maximum Gasteiger partial charge on any atom is 0.310 e. The number of nitrogens with one attached hydrogen (secondary N) is 1. The zero-order valence-electron chi connectivity index (χ0n) is 15.9. The first-order valence-electron chi connectivity index (χ1n) is 9.09. The van der Waals surface area contributed by atoms with E-state index in [0.29, 0.717) is 47.9 Å². The quantitative estimate of drug-likeness (QED) is 0.768. The van der Waals surface area contributed by atoms with Gasteiger partial charge in [0, 0.05) is 12.6 Å². The minimum absolute atomic E-state index is 0.129. The van der Waals surface area contributed by atoms with Crippen LogP contribution >= 0.6 is 0 Å². The number of carbonyl (C=O) groups excluding carboxylic acids is 1. The molecule has 2 aromatic rings. The number of hydrogen-bond acceptors (Lipinski definition) is 7. The number of likely N-dealkylation sites (tertiary alicyclic amines) is 1. The summed E-state index contributed by atoms with van der Waals surface area (Å²) in [7, 11) is 3.07. The highest BCUT2D eigenvalue weighted by atomic mass is 16.5. The summed E-state index contributed by atoms with van der Waals surface area (Å²) < 4.78 is 15.7. The Morgan fingerprint density at radius 3 is 2.74 bits per heavy atom. The van der Waals surface area contributed by atoms with Crippen molar-refractivity contribution in [2.24, 2.45) is 5.92 Å². The first kappa shape index (κ1) is 19.2. The highest BCUT2D eigenvalue weighted by molar-refractivity contribution is 5.81. The number of rotatable bonds is 6. The van der Waals surface area contributed by atoms with Crippen molar-refractivity contribution >= 4 is 16.9 Å². The molecule has 146 valence electrons. The number of esters is 1. The third kappa shape index (κ3) is 4.21. The van der Waals surface area contributed by atoms with Crippen LogP contribution in [0.5, 0.6) is 11.5 Å². The fraction of sp³-hybridized carbons (Fsp3) is 0.526. The van der Waals surface area contributed by atoms with Crippen molar-refractivity contribution in [2.75, 3.05) is 33.9 Å². The molecule has 0 amide bonds. The average molecular weight is 375 g/mol. The summed E-state index contributed by atoms with van der Waals surface area (Å²) in [6.07, 6.45) is 1.74. The van der Waals surface area contributed by atoms with Gasteiger partial charge in [-0.3, -0.25) is 14.5 Å². The smallest absolute Gasteiger partial charge is 0.310 e. The van der Waals surface area contributed by atoms with E-state index in [1.165, 1.54) is 7.11 Å². The van der Waals surface area contributed by atoms with Crippen molar-refractivity contribution in [3.05, 3.63) is 28.3 Å². The summed E-state index contributed by atoms with van der Waals surface area (Å²) in [5.74, 6) is 1.28. The van der Waals surface area contributed by atoms with E-state index in [2.05, 4.69) is 14.9 Å². The van der Waals surface area contributed by atoms with Crippen LogP contribution < -0.4 is 15.0 Å². The number of piperidine rings is 1. The molecular weight excluding hydrogens is 350 g/mol. The lowest BCUT2D eigenvalue weighted by Crippen LogP contribution is -2.39. The van der Waals surface area contributed by atoms with E-state index in [1.54, 1.807) is 19.2 Å². The number of fused-ring (bicyclic) bond motifs is 1. The molecule has 0 bridgehead atoms. The van der Waals surface area contributed by atoms with Crippen LogP contribution in [0, 0.1) is 5.92 Å². The predicted molar refractivity (Wildman–Crippen MR) is 100 cm³/mol. The molecule has 1 aliphatic rings. The molecule has 27 heavy (non-hydrogen) atoms. The van der Waals surface area contributed by atoms with Gasteiger partial charge in [-0.25, -0.2) is 4.98 Å². The van der Waals surface area contributed by atoms with Crippen LogP contribution in [0.4, 0.5) is 0 Å². The Morgan fingerprint density at radius 2 is 2.04 bits per heavy atom. The monoisotopic (exact) mass is 375 g/mol.